The number of nitriles is 1. The molecule has 7 rings (SSSR count). The van der Waals surface area contributed by atoms with Crippen LogP contribution in [0.2, 0.25) is 0 Å². The predicted molar refractivity (Wildman–Crippen MR) is 154 cm³/mol. The maximum Gasteiger partial charge on any atom is 0.321 e. The lowest BCUT2D eigenvalue weighted by molar-refractivity contribution is 0.00308. The van der Waals surface area contributed by atoms with E-state index < -0.39 is 11.6 Å². The number of aromatic nitrogens is 5. The lowest BCUT2D eigenvalue weighted by Crippen LogP contribution is -2.45. The predicted octanol–water partition coefficient (Wildman–Crippen LogP) is 2.23. The number of halogens is 1. The van der Waals surface area contributed by atoms with Gasteiger partial charge in [0.1, 0.15) is 23.8 Å². The molecule has 3 fully saturated rings. The molecule has 3 aliphatic heterocycles. The van der Waals surface area contributed by atoms with Crippen molar-refractivity contribution in [2.24, 2.45) is 0 Å². The lowest BCUT2D eigenvalue weighted by Gasteiger charge is -2.32. The lowest BCUT2D eigenvalue weighted by atomic mass is 9.72. The second-order valence-electron chi connectivity index (χ2n) is 12.1. The number of aliphatic hydroxyl groups is 1. The van der Waals surface area contributed by atoms with Gasteiger partial charge in [-0.3, -0.25) is 4.90 Å². The van der Waals surface area contributed by atoms with Crippen molar-refractivity contribution in [1.29, 1.82) is 5.26 Å². The van der Waals surface area contributed by atoms with Crippen LogP contribution in [0.4, 0.5) is 15.3 Å². The summed E-state index contributed by atoms with van der Waals surface area (Å²) in [5.74, 6) is 1.03. The Balaban J connectivity index is 1.23. The fourth-order valence-corrected chi connectivity index (χ4v) is 8.35. The van der Waals surface area contributed by atoms with E-state index in [2.05, 4.69) is 31.1 Å². The molecule has 0 bridgehead atoms. The summed E-state index contributed by atoms with van der Waals surface area (Å²) < 4.78 is 32.0. The van der Waals surface area contributed by atoms with Crippen LogP contribution in [0.25, 0.3) is 11.6 Å². The molecule has 0 amide bonds. The number of alkyl halides is 1. The number of fused-ring (bicyclic) bond motifs is 2. The molecule has 0 radical (unpaired) electrons. The quantitative estimate of drug-likeness (QED) is 0.399. The fourth-order valence-electron chi connectivity index (χ4n) is 7.16. The zero-order chi connectivity index (χ0) is 29.8. The molecule has 43 heavy (non-hydrogen) atoms. The molecule has 0 aromatic carbocycles. The molecule has 3 aromatic rings. The number of nitrogen functional groups attached to an aromatic ring is 1. The summed E-state index contributed by atoms with van der Waals surface area (Å²) >= 11 is 1.44. The smallest absolute Gasteiger partial charge is 0.321 e. The van der Waals surface area contributed by atoms with Gasteiger partial charge in [0.25, 0.3) is 0 Å². The molecule has 228 valence electrons. The highest BCUT2D eigenvalue weighted by Crippen LogP contribution is 2.48. The Kier molecular flexibility index (Phi) is 7.19. The molecule has 4 atom stereocenters. The number of hydrogen-bond donors (Lipinski definition) is 2. The van der Waals surface area contributed by atoms with Gasteiger partial charge in [-0.05, 0) is 45.6 Å². The third kappa shape index (κ3) is 4.90. The van der Waals surface area contributed by atoms with Crippen LogP contribution in [0.15, 0.2) is 4.52 Å². The largest absolute Gasteiger partial charge is 0.461 e. The molecule has 0 unspecified atom stereocenters. The van der Waals surface area contributed by atoms with Crippen LogP contribution in [-0.4, -0.2) is 98.9 Å². The van der Waals surface area contributed by atoms with Crippen LogP contribution in [0.1, 0.15) is 60.9 Å². The summed E-state index contributed by atoms with van der Waals surface area (Å²) in [6.45, 7) is 4.69. The number of anilines is 2. The van der Waals surface area contributed by atoms with Gasteiger partial charge in [-0.1, -0.05) is 5.16 Å². The second-order valence-corrected chi connectivity index (χ2v) is 13.2. The maximum atomic E-state index is 14.4. The van der Waals surface area contributed by atoms with E-state index in [1.165, 1.54) is 11.3 Å². The number of aryl methyl sites for hydroxylation is 1. The number of rotatable bonds is 7. The Labute approximate surface area is 251 Å². The van der Waals surface area contributed by atoms with Gasteiger partial charge in [0.2, 0.25) is 23.5 Å². The van der Waals surface area contributed by atoms with Crippen molar-refractivity contribution in [2.75, 3.05) is 56.6 Å². The molecule has 3 saturated heterocycles. The molecule has 0 spiro atoms. The third-order valence-corrected chi connectivity index (χ3v) is 10.4. The van der Waals surface area contributed by atoms with Gasteiger partial charge in [0.05, 0.1) is 35.8 Å². The highest BCUT2D eigenvalue weighted by Gasteiger charge is 2.49. The van der Waals surface area contributed by atoms with Crippen molar-refractivity contribution in [2.45, 2.75) is 68.7 Å². The summed E-state index contributed by atoms with van der Waals surface area (Å²) in [6, 6.07) is 2.36. The van der Waals surface area contributed by atoms with Crippen molar-refractivity contribution < 1.29 is 23.5 Å². The minimum Gasteiger partial charge on any atom is -0.461 e. The number of aliphatic hydroxyl groups excluding tert-OH is 1. The van der Waals surface area contributed by atoms with Crippen molar-refractivity contribution in [1.82, 2.24) is 30.0 Å². The second kappa shape index (κ2) is 10.9. The van der Waals surface area contributed by atoms with E-state index in [-0.39, 0.29) is 42.5 Å². The highest BCUT2D eigenvalue weighted by atomic mass is 32.1. The Morgan fingerprint density at radius 2 is 2.07 bits per heavy atom. The number of nitrogens with two attached hydrogens (primary N) is 1. The SMILES string of the molecule is C[C@]1(c2nc(-c3nc(OC[C@@]45CCCN4C[C@H](F)C5)nc(N4CCO[C@H](CO)C4)n3)no2)CCCc2sc(N)c(C#N)c21. The third-order valence-electron chi connectivity index (χ3n) is 9.31. The molecule has 1 aliphatic carbocycles. The summed E-state index contributed by atoms with van der Waals surface area (Å²) in [6.07, 6.45) is 3.46. The van der Waals surface area contributed by atoms with Crippen LogP contribution in [0.5, 0.6) is 6.01 Å². The first-order chi connectivity index (χ1) is 20.8. The molecule has 6 heterocycles. The first-order valence-corrected chi connectivity index (χ1v) is 15.6. The first-order valence-electron chi connectivity index (χ1n) is 14.7. The molecular formula is C28H34FN9O4S. The number of ether oxygens (including phenoxy) is 2. The summed E-state index contributed by atoms with van der Waals surface area (Å²) in [5.41, 5.74) is 6.45. The molecule has 4 aliphatic rings. The van der Waals surface area contributed by atoms with Crippen LogP contribution in [-0.2, 0) is 16.6 Å². The van der Waals surface area contributed by atoms with Gasteiger partial charge < -0.3 is 29.7 Å². The molecule has 13 nitrogen and oxygen atoms in total. The van der Waals surface area contributed by atoms with E-state index in [1.54, 1.807) is 0 Å². The Bertz CT molecular complexity index is 1560. The molecule has 3 N–H and O–H groups in total. The Morgan fingerprint density at radius 3 is 2.91 bits per heavy atom. The zero-order valence-corrected chi connectivity index (χ0v) is 24.8. The van der Waals surface area contributed by atoms with E-state index in [1.807, 2.05) is 11.8 Å². The molecular weight excluding hydrogens is 577 g/mol. The molecule has 15 heteroatoms. The number of nitrogens with zero attached hydrogens (tertiary/aromatic N) is 8. The minimum atomic E-state index is -0.878. The Hall–Kier alpha value is -3.45. The normalized spacial score (nSPS) is 28.9. The van der Waals surface area contributed by atoms with Gasteiger partial charge in [-0.25, -0.2) is 4.39 Å². The van der Waals surface area contributed by atoms with E-state index in [0.717, 1.165) is 42.7 Å². The van der Waals surface area contributed by atoms with Gasteiger partial charge in [0, 0.05) is 36.5 Å². The minimum absolute atomic E-state index is 0.0884. The molecule has 3 aromatic heterocycles. The van der Waals surface area contributed by atoms with Crippen LogP contribution in [0.3, 0.4) is 0 Å². The van der Waals surface area contributed by atoms with Gasteiger partial charge in [-0.2, -0.15) is 25.2 Å². The average Bonchev–Trinajstić information content (AvgIpc) is 3.78. The van der Waals surface area contributed by atoms with Crippen molar-refractivity contribution >= 4 is 22.3 Å². The summed E-state index contributed by atoms with van der Waals surface area (Å²) in [4.78, 5) is 23.7. The van der Waals surface area contributed by atoms with Crippen LogP contribution >= 0.6 is 11.3 Å². The van der Waals surface area contributed by atoms with Gasteiger partial charge in [-0.15, -0.1) is 11.3 Å². The van der Waals surface area contributed by atoms with Crippen LogP contribution < -0.4 is 15.4 Å². The van der Waals surface area contributed by atoms with E-state index in [9.17, 15) is 14.8 Å². The summed E-state index contributed by atoms with van der Waals surface area (Å²) in [7, 11) is 0. The van der Waals surface area contributed by atoms with Crippen molar-refractivity contribution in [3.05, 3.63) is 21.9 Å². The van der Waals surface area contributed by atoms with Crippen molar-refractivity contribution in [3.63, 3.8) is 0 Å². The summed E-state index contributed by atoms with van der Waals surface area (Å²) in [5, 5.41) is 24.3. The number of thiophene rings is 1. The first kappa shape index (κ1) is 28.3. The van der Waals surface area contributed by atoms with E-state index >= 15 is 0 Å². The van der Waals surface area contributed by atoms with Gasteiger partial charge >= 0.3 is 6.01 Å². The standard InChI is InChI=1S/C28H34FN9O4S/c1-27(5-2-4-19-20(27)18(11-30)21(31)43-19)24-32-23(36-42-24)22-33-25(37-8-9-40-17(13-37)14-39)35-26(34-22)41-15-28-6-3-7-38(28)12-16(29)10-28/h16-17,39H,2-10,12-15,31H2,1H3/t16-,17+,27+,28+/m1/s1. The highest BCUT2D eigenvalue weighted by molar-refractivity contribution is 7.16. The van der Waals surface area contributed by atoms with E-state index in [4.69, 9.17) is 24.7 Å². The van der Waals surface area contributed by atoms with Crippen LogP contribution in [0, 0.1) is 11.3 Å². The molecule has 0 saturated carbocycles. The topological polar surface area (TPSA) is 173 Å². The zero-order valence-electron chi connectivity index (χ0n) is 24.0. The number of hydrogen-bond acceptors (Lipinski definition) is 14. The van der Waals surface area contributed by atoms with Crippen molar-refractivity contribution in [3.8, 4) is 23.7 Å². The maximum absolute atomic E-state index is 14.4. The monoisotopic (exact) mass is 611 g/mol. The Morgan fingerprint density at radius 1 is 1.19 bits per heavy atom. The van der Waals surface area contributed by atoms with Gasteiger partial charge in [0.15, 0.2) is 0 Å². The van der Waals surface area contributed by atoms with E-state index in [0.29, 0.717) is 61.5 Å². The number of morpholine rings is 1. The average molecular weight is 612 g/mol. The fraction of sp³-hybridized carbons (Fsp3) is 0.643.